The van der Waals surface area contributed by atoms with Crippen molar-refractivity contribution in [1.29, 1.82) is 0 Å². The molecule has 4 aromatic rings. The first kappa shape index (κ1) is 20.5. The molecule has 1 unspecified atom stereocenters. The van der Waals surface area contributed by atoms with Gasteiger partial charge >= 0.3 is 0 Å². The quantitative estimate of drug-likeness (QED) is 0.376. The Morgan fingerprint density at radius 3 is 2.37 bits per heavy atom. The zero-order valence-corrected chi connectivity index (χ0v) is 17.4. The Bertz CT molecular complexity index is 1110. The predicted octanol–water partition coefficient (Wildman–Crippen LogP) is 6.10. The summed E-state index contributed by atoms with van der Waals surface area (Å²) in [6, 6.07) is 20.8. The number of aromatic nitrogens is 2. The molecular weight excluding hydrogens is 424 g/mol. The number of hydrogen-bond acceptors (Lipinski definition) is 4. The predicted molar refractivity (Wildman–Crippen MR) is 116 cm³/mol. The molecule has 0 saturated carbocycles. The number of halogens is 3. The van der Waals surface area contributed by atoms with Crippen molar-refractivity contribution in [2.24, 2.45) is 0 Å². The lowest BCUT2D eigenvalue weighted by molar-refractivity contribution is 0.440. The summed E-state index contributed by atoms with van der Waals surface area (Å²) in [6.45, 7) is 0.646. The average molecular weight is 442 g/mol. The van der Waals surface area contributed by atoms with Gasteiger partial charge in [0.2, 0.25) is 11.8 Å². The Balaban J connectivity index is 1.57. The smallest absolute Gasteiger partial charge is 0.249 e. The number of rotatable bonds is 7. The second-order valence-corrected chi connectivity index (χ2v) is 7.58. The Morgan fingerprint density at radius 1 is 0.900 bits per heavy atom. The molecule has 0 amide bonds. The highest BCUT2D eigenvalue weighted by molar-refractivity contribution is 6.33. The molecule has 1 atom stereocenters. The second kappa shape index (κ2) is 9.39. The maximum absolute atomic E-state index is 13.4. The number of nitrogens with zero attached hydrogens (tertiary/aromatic N) is 2. The zero-order valence-electron chi connectivity index (χ0n) is 15.9. The molecule has 7 heteroatoms. The molecular formula is C23H18Cl2FN3O. The van der Waals surface area contributed by atoms with Crippen LogP contribution in [0, 0.1) is 5.82 Å². The maximum Gasteiger partial charge on any atom is 0.249 e. The van der Waals surface area contributed by atoms with Crippen LogP contribution in [0.15, 0.2) is 77.2 Å². The van der Waals surface area contributed by atoms with Gasteiger partial charge in [0, 0.05) is 11.6 Å². The van der Waals surface area contributed by atoms with E-state index in [4.69, 9.17) is 27.6 Å². The molecule has 0 fully saturated rings. The molecule has 1 heterocycles. The summed E-state index contributed by atoms with van der Waals surface area (Å²) in [5, 5.41) is 13.0. The number of hydrogen-bond donors (Lipinski definition) is 1. The highest BCUT2D eigenvalue weighted by atomic mass is 35.5. The van der Waals surface area contributed by atoms with Gasteiger partial charge in [0.25, 0.3) is 0 Å². The van der Waals surface area contributed by atoms with E-state index >= 15 is 0 Å². The molecule has 0 radical (unpaired) electrons. The van der Waals surface area contributed by atoms with E-state index in [9.17, 15) is 4.39 Å². The fraction of sp³-hybridized carbons (Fsp3) is 0.130. The third-order valence-electron chi connectivity index (χ3n) is 4.67. The van der Waals surface area contributed by atoms with Gasteiger partial charge in [-0.2, -0.15) is 0 Å². The summed E-state index contributed by atoms with van der Waals surface area (Å²) in [7, 11) is 0. The van der Waals surface area contributed by atoms with Gasteiger partial charge in [0.15, 0.2) is 0 Å². The van der Waals surface area contributed by atoms with Crippen LogP contribution in [0.25, 0.3) is 11.5 Å². The molecule has 30 heavy (non-hydrogen) atoms. The first-order chi connectivity index (χ1) is 14.6. The van der Waals surface area contributed by atoms with Crippen molar-refractivity contribution in [3.63, 3.8) is 0 Å². The molecule has 4 rings (SSSR count). The largest absolute Gasteiger partial charge is 0.419 e. The van der Waals surface area contributed by atoms with E-state index in [2.05, 4.69) is 15.5 Å². The Hall–Kier alpha value is -2.73. The Labute approximate surface area is 183 Å². The molecule has 4 nitrogen and oxygen atoms in total. The molecule has 152 valence electrons. The van der Waals surface area contributed by atoms with Crippen molar-refractivity contribution in [3.8, 4) is 11.5 Å². The summed E-state index contributed by atoms with van der Waals surface area (Å²) in [6.07, 6.45) is 0.778. The van der Waals surface area contributed by atoms with Crippen molar-refractivity contribution >= 4 is 23.2 Å². The van der Waals surface area contributed by atoms with Crippen LogP contribution in [0.4, 0.5) is 4.39 Å². The number of benzene rings is 3. The van der Waals surface area contributed by atoms with Crippen molar-refractivity contribution in [2.75, 3.05) is 6.54 Å². The normalized spacial score (nSPS) is 12.1. The molecule has 0 aliphatic carbocycles. The highest BCUT2D eigenvalue weighted by Gasteiger charge is 2.22. The van der Waals surface area contributed by atoms with Gasteiger partial charge < -0.3 is 9.73 Å². The Morgan fingerprint density at radius 2 is 1.63 bits per heavy atom. The van der Waals surface area contributed by atoms with Crippen LogP contribution in [0.5, 0.6) is 0 Å². The van der Waals surface area contributed by atoms with Gasteiger partial charge in [-0.3, -0.25) is 0 Å². The van der Waals surface area contributed by atoms with E-state index in [-0.39, 0.29) is 11.9 Å². The molecule has 0 aliphatic rings. The minimum atomic E-state index is -0.387. The van der Waals surface area contributed by atoms with Crippen molar-refractivity contribution in [2.45, 2.75) is 12.5 Å². The fourth-order valence-corrected chi connectivity index (χ4v) is 3.45. The van der Waals surface area contributed by atoms with Crippen molar-refractivity contribution in [3.05, 3.63) is 106 Å². The van der Waals surface area contributed by atoms with E-state index in [1.54, 1.807) is 18.2 Å². The first-order valence-corrected chi connectivity index (χ1v) is 10.2. The van der Waals surface area contributed by atoms with E-state index in [1.807, 2.05) is 42.5 Å². The summed E-state index contributed by atoms with van der Waals surface area (Å²) in [5.74, 6) is 0.413. The Kier molecular flexibility index (Phi) is 6.43. The third kappa shape index (κ3) is 4.87. The topological polar surface area (TPSA) is 51.0 Å². The monoisotopic (exact) mass is 441 g/mol. The van der Waals surface area contributed by atoms with Gasteiger partial charge in [0.05, 0.1) is 10.6 Å². The van der Waals surface area contributed by atoms with E-state index in [1.165, 1.54) is 12.1 Å². The molecule has 3 aromatic carbocycles. The number of nitrogens with one attached hydrogen (secondary N) is 1. The lowest BCUT2D eigenvalue weighted by Gasteiger charge is -2.16. The van der Waals surface area contributed by atoms with E-state index < -0.39 is 0 Å². The molecule has 0 spiro atoms. The molecule has 1 N–H and O–H groups in total. The molecule has 0 aliphatic heterocycles. The van der Waals surface area contributed by atoms with Gasteiger partial charge in [-0.25, -0.2) is 4.39 Å². The molecule has 1 aromatic heterocycles. The van der Waals surface area contributed by atoms with Crippen LogP contribution in [0.1, 0.15) is 23.1 Å². The second-order valence-electron chi connectivity index (χ2n) is 6.74. The maximum atomic E-state index is 13.4. The third-order valence-corrected chi connectivity index (χ3v) is 5.25. The van der Waals surface area contributed by atoms with E-state index in [0.717, 1.165) is 17.5 Å². The SMILES string of the molecule is Fc1ccc(C(NCCc2ccc(Cl)cc2)c2nnc(-c3ccccc3Cl)o2)cc1. The summed E-state index contributed by atoms with van der Waals surface area (Å²) in [5.41, 5.74) is 2.63. The van der Waals surface area contributed by atoms with Crippen molar-refractivity contribution in [1.82, 2.24) is 15.5 Å². The van der Waals surface area contributed by atoms with E-state index in [0.29, 0.717) is 33.9 Å². The van der Waals surface area contributed by atoms with Crippen LogP contribution in [-0.2, 0) is 6.42 Å². The van der Waals surface area contributed by atoms with Crippen LogP contribution in [-0.4, -0.2) is 16.7 Å². The highest BCUT2D eigenvalue weighted by Crippen LogP contribution is 2.29. The summed E-state index contributed by atoms with van der Waals surface area (Å²) >= 11 is 12.2. The average Bonchev–Trinajstić information content (AvgIpc) is 3.23. The van der Waals surface area contributed by atoms with Crippen LogP contribution < -0.4 is 5.32 Å². The minimum Gasteiger partial charge on any atom is -0.419 e. The summed E-state index contributed by atoms with van der Waals surface area (Å²) in [4.78, 5) is 0. The van der Waals surface area contributed by atoms with Gasteiger partial charge in [0.1, 0.15) is 11.9 Å². The van der Waals surface area contributed by atoms with Crippen LogP contribution in [0.3, 0.4) is 0 Å². The standard InChI is InChI=1S/C23H18Cl2FN3O/c24-17-9-5-15(6-10-17)13-14-27-21(16-7-11-18(26)12-8-16)23-29-28-22(30-23)19-3-1-2-4-20(19)25/h1-12,21,27H,13-14H2. The zero-order chi connectivity index (χ0) is 20.9. The lowest BCUT2D eigenvalue weighted by atomic mass is 10.1. The summed E-state index contributed by atoms with van der Waals surface area (Å²) < 4.78 is 19.4. The van der Waals surface area contributed by atoms with Gasteiger partial charge in [-0.15, -0.1) is 10.2 Å². The fourth-order valence-electron chi connectivity index (χ4n) is 3.11. The molecule has 0 saturated heterocycles. The van der Waals surface area contributed by atoms with Crippen LogP contribution in [0.2, 0.25) is 10.0 Å². The minimum absolute atomic E-state index is 0.305. The van der Waals surface area contributed by atoms with Gasteiger partial charge in [-0.1, -0.05) is 59.6 Å². The van der Waals surface area contributed by atoms with Crippen molar-refractivity contribution < 1.29 is 8.81 Å². The first-order valence-electron chi connectivity index (χ1n) is 9.42. The molecule has 0 bridgehead atoms. The van der Waals surface area contributed by atoms with Gasteiger partial charge in [-0.05, 0) is 53.9 Å². The lowest BCUT2D eigenvalue weighted by Crippen LogP contribution is -2.25. The van der Waals surface area contributed by atoms with Crippen LogP contribution >= 0.6 is 23.2 Å².